The molecule has 0 bridgehead atoms. The van der Waals surface area contributed by atoms with E-state index in [1.54, 1.807) is 23.9 Å². The van der Waals surface area contributed by atoms with Crippen molar-refractivity contribution in [3.05, 3.63) is 53.7 Å². The predicted molar refractivity (Wildman–Crippen MR) is 87.0 cm³/mol. The number of halogens is 1. The summed E-state index contributed by atoms with van der Waals surface area (Å²) in [5.74, 6) is 0. The molecule has 0 saturated carbocycles. The molecular weight excluding hydrogens is 326 g/mol. The number of aromatic amines is 1. The van der Waals surface area contributed by atoms with Crippen LogP contribution in [0.2, 0.25) is 5.02 Å². The average Bonchev–Trinajstić information content (AvgIpc) is 2.83. The summed E-state index contributed by atoms with van der Waals surface area (Å²) in [5.41, 5.74) is 0.799. The lowest BCUT2D eigenvalue weighted by Gasteiger charge is -2.03. The van der Waals surface area contributed by atoms with Gasteiger partial charge >= 0.3 is 0 Å². The highest BCUT2D eigenvalue weighted by Crippen LogP contribution is 2.37. The molecule has 3 aromatic rings. The molecule has 0 aliphatic carbocycles. The minimum absolute atomic E-state index is 0.311. The zero-order chi connectivity index (χ0) is 15.0. The molecule has 108 valence electrons. The first-order chi connectivity index (χ1) is 9.95. The van der Waals surface area contributed by atoms with Crippen molar-refractivity contribution in [2.45, 2.75) is 14.7 Å². The van der Waals surface area contributed by atoms with Crippen LogP contribution in [0.3, 0.4) is 0 Å². The van der Waals surface area contributed by atoms with Gasteiger partial charge in [0.2, 0.25) is 0 Å². The monoisotopic (exact) mass is 337 g/mol. The quantitative estimate of drug-likeness (QED) is 0.771. The molecule has 0 radical (unpaired) electrons. The van der Waals surface area contributed by atoms with E-state index in [1.807, 2.05) is 36.5 Å². The first kappa shape index (κ1) is 14.5. The number of fused-ring (bicyclic) bond motifs is 1. The van der Waals surface area contributed by atoms with Crippen LogP contribution in [-0.4, -0.2) is 19.7 Å². The van der Waals surface area contributed by atoms with Crippen molar-refractivity contribution in [1.82, 2.24) is 4.98 Å². The number of sulfone groups is 1. The summed E-state index contributed by atoms with van der Waals surface area (Å²) >= 11 is 7.72. The third-order valence-electron chi connectivity index (χ3n) is 3.10. The first-order valence-corrected chi connectivity index (χ1v) is 9.27. The molecule has 1 heterocycles. The lowest BCUT2D eigenvalue weighted by atomic mass is 10.2. The van der Waals surface area contributed by atoms with Crippen molar-refractivity contribution in [2.75, 3.05) is 6.26 Å². The molecule has 1 aromatic heterocycles. The van der Waals surface area contributed by atoms with Crippen molar-refractivity contribution in [3.63, 3.8) is 0 Å². The standard InChI is InChI=1S/C15H12ClNO2S2/c1-21(18,19)10-6-7-11-13(8-10)17-9-15(11)20-14-5-3-2-4-12(14)16/h2-9,17H,1H3. The zero-order valence-corrected chi connectivity index (χ0v) is 13.5. The van der Waals surface area contributed by atoms with E-state index in [0.29, 0.717) is 9.92 Å². The van der Waals surface area contributed by atoms with E-state index in [1.165, 1.54) is 6.26 Å². The molecule has 3 rings (SSSR count). The van der Waals surface area contributed by atoms with Gasteiger partial charge in [-0.25, -0.2) is 8.42 Å². The van der Waals surface area contributed by atoms with E-state index in [2.05, 4.69) is 4.98 Å². The summed E-state index contributed by atoms with van der Waals surface area (Å²) in [5, 5.41) is 1.68. The van der Waals surface area contributed by atoms with E-state index in [-0.39, 0.29) is 0 Å². The molecular formula is C15H12ClNO2S2. The first-order valence-electron chi connectivity index (χ1n) is 6.19. The van der Waals surface area contributed by atoms with Gasteiger partial charge in [0.15, 0.2) is 9.84 Å². The highest BCUT2D eigenvalue weighted by molar-refractivity contribution is 7.99. The molecule has 0 saturated heterocycles. The summed E-state index contributed by atoms with van der Waals surface area (Å²) in [4.78, 5) is 5.40. The number of benzene rings is 2. The van der Waals surface area contributed by atoms with Gasteiger partial charge < -0.3 is 4.98 Å². The minimum atomic E-state index is -3.20. The molecule has 0 unspecified atom stereocenters. The van der Waals surface area contributed by atoms with E-state index in [9.17, 15) is 8.42 Å². The lowest BCUT2D eigenvalue weighted by molar-refractivity contribution is 0.602. The Morgan fingerprint density at radius 3 is 2.57 bits per heavy atom. The largest absolute Gasteiger partial charge is 0.360 e. The maximum Gasteiger partial charge on any atom is 0.175 e. The second-order valence-electron chi connectivity index (χ2n) is 4.66. The molecule has 0 atom stereocenters. The Kier molecular flexibility index (Phi) is 3.73. The van der Waals surface area contributed by atoms with Crippen molar-refractivity contribution in [2.24, 2.45) is 0 Å². The highest BCUT2D eigenvalue weighted by Gasteiger charge is 2.12. The van der Waals surface area contributed by atoms with E-state index < -0.39 is 9.84 Å². The summed E-state index contributed by atoms with van der Waals surface area (Å²) in [6, 6.07) is 12.7. The normalized spacial score (nSPS) is 11.9. The van der Waals surface area contributed by atoms with Gasteiger partial charge in [-0.1, -0.05) is 41.6 Å². The van der Waals surface area contributed by atoms with Gasteiger partial charge in [0.1, 0.15) is 0 Å². The summed E-state index contributed by atoms with van der Waals surface area (Å²) < 4.78 is 23.2. The average molecular weight is 338 g/mol. The van der Waals surface area contributed by atoms with E-state index in [4.69, 9.17) is 11.6 Å². The predicted octanol–water partition coefficient (Wildman–Crippen LogP) is 4.38. The summed E-state index contributed by atoms with van der Waals surface area (Å²) in [7, 11) is -3.20. The Hall–Kier alpha value is -1.43. The molecule has 1 N–H and O–H groups in total. The highest BCUT2D eigenvalue weighted by atomic mass is 35.5. The van der Waals surface area contributed by atoms with Crippen molar-refractivity contribution < 1.29 is 8.42 Å². The smallest absolute Gasteiger partial charge is 0.175 e. The topological polar surface area (TPSA) is 49.9 Å². The van der Waals surface area contributed by atoms with Gasteiger partial charge in [-0.15, -0.1) is 0 Å². The third kappa shape index (κ3) is 2.95. The van der Waals surface area contributed by atoms with Gasteiger partial charge in [-0.05, 0) is 24.3 Å². The Bertz CT molecular complexity index is 916. The van der Waals surface area contributed by atoms with Crippen molar-refractivity contribution in [1.29, 1.82) is 0 Å². The lowest BCUT2D eigenvalue weighted by Crippen LogP contribution is -1.96. The van der Waals surface area contributed by atoms with Gasteiger partial charge in [-0.2, -0.15) is 0 Å². The number of H-pyrrole nitrogens is 1. The Morgan fingerprint density at radius 2 is 1.86 bits per heavy atom. The molecule has 0 aliphatic rings. The van der Waals surface area contributed by atoms with E-state index >= 15 is 0 Å². The fourth-order valence-electron chi connectivity index (χ4n) is 2.04. The fraction of sp³-hybridized carbons (Fsp3) is 0.0667. The molecule has 0 aliphatic heterocycles. The number of rotatable bonds is 3. The van der Waals surface area contributed by atoms with Gasteiger partial charge in [0.05, 0.1) is 9.92 Å². The number of nitrogens with one attached hydrogen (secondary N) is 1. The SMILES string of the molecule is CS(=O)(=O)c1ccc2c(Sc3ccccc3Cl)c[nH]c2c1. The molecule has 0 amide bonds. The molecule has 0 fully saturated rings. The second-order valence-corrected chi connectivity index (χ2v) is 8.17. The van der Waals surface area contributed by atoms with Crippen LogP contribution in [0.25, 0.3) is 10.9 Å². The fourth-order valence-corrected chi connectivity index (χ4v) is 3.89. The second kappa shape index (κ2) is 5.40. The van der Waals surface area contributed by atoms with Crippen LogP contribution in [-0.2, 0) is 9.84 Å². The van der Waals surface area contributed by atoms with Gasteiger partial charge in [0.25, 0.3) is 0 Å². The van der Waals surface area contributed by atoms with Crippen molar-refractivity contribution in [3.8, 4) is 0 Å². The summed E-state index contributed by atoms with van der Waals surface area (Å²) in [6.07, 6.45) is 3.07. The molecule has 2 aromatic carbocycles. The van der Waals surface area contributed by atoms with Crippen LogP contribution in [0.5, 0.6) is 0 Å². The number of hydrogen-bond acceptors (Lipinski definition) is 3. The Labute approximate surface area is 132 Å². The van der Waals surface area contributed by atoms with Crippen LogP contribution in [0, 0.1) is 0 Å². The molecule has 21 heavy (non-hydrogen) atoms. The number of hydrogen-bond donors (Lipinski definition) is 1. The number of aromatic nitrogens is 1. The molecule has 0 spiro atoms. The van der Waals surface area contributed by atoms with Gasteiger partial charge in [-0.3, -0.25) is 0 Å². The molecule has 3 nitrogen and oxygen atoms in total. The van der Waals surface area contributed by atoms with Crippen LogP contribution >= 0.6 is 23.4 Å². The minimum Gasteiger partial charge on any atom is -0.360 e. The molecule has 6 heteroatoms. The Balaban J connectivity index is 2.04. The maximum atomic E-state index is 11.6. The van der Waals surface area contributed by atoms with Gasteiger partial charge in [0, 0.05) is 33.1 Å². The van der Waals surface area contributed by atoms with E-state index in [0.717, 1.165) is 20.7 Å². The van der Waals surface area contributed by atoms with Crippen LogP contribution in [0.4, 0.5) is 0 Å². The summed E-state index contributed by atoms with van der Waals surface area (Å²) in [6.45, 7) is 0. The maximum absolute atomic E-state index is 11.6. The zero-order valence-electron chi connectivity index (χ0n) is 11.1. The van der Waals surface area contributed by atoms with Crippen LogP contribution < -0.4 is 0 Å². The van der Waals surface area contributed by atoms with Crippen LogP contribution in [0.15, 0.2) is 63.3 Å². The van der Waals surface area contributed by atoms with Crippen LogP contribution in [0.1, 0.15) is 0 Å². The van der Waals surface area contributed by atoms with Crippen molar-refractivity contribution >= 4 is 44.1 Å². The third-order valence-corrected chi connectivity index (χ3v) is 5.79. The Morgan fingerprint density at radius 1 is 1.10 bits per heavy atom.